The molecule has 1 aliphatic heterocycles. The van der Waals surface area contributed by atoms with Gasteiger partial charge >= 0.3 is 5.97 Å². The average Bonchev–Trinajstić information content (AvgIpc) is 2.18. The second-order valence-electron chi connectivity index (χ2n) is 4.46. The minimum absolute atomic E-state index is 0.200. The number of hydrogen-bond donors (Lipinski definition) is 3. The van der Waals surface area contributed by atoms with Gasteiger partial charge in [-0.15, -0.1) is 0 Å². The van der Waals surface area contributed by atoms with Crippen LogP contribution in [0.15, 0.2) is 0 Å². The number of carbonyl (C=O) groups is 1. The van der Waals surface area contributed by atoms with Crippen molar-refractivity contribution in [1.82, 2.24) is 5.32 Å². The molecule has 0 radical (unpaired) electrons. The van der Waals surface area contributed by atoms with Gasteiger partial charge in [0.1, 0.15) is 6.04 Å². The molecule has 2 aliphatic rings. The summed E-state index contributed by atoms with van der Waals surface area (Å²) in [5.74, 6) is -0.110. The van der Waals surface area contributed by atoms with Crippen molar-refractivity contribution in [3.8, 4) is 0 Å². The molecule has 0 unspecified atom stereocenters. The maximum absolute atomic E-state index is 10.8. The molecule has 2 rings (SSSR count). The van der Waals surface area contributed by atoms with Crippen LogP contribution in [0.5, 0.6) is 0 Å². The summed E-state index contributed by atoms with van der Waals surface area (Å²) in [4.78, 5) is 10.8. The van der Waals surface area contributed by atoms with Crippen LogP contribution in [0.3, 0.4) is 0 Å². The SMILES string of the molecule is O=C(O)[C@@H]1C[C@H]2[C@H](CCC[C@@H]2O)CN1. The Hall–Kier alpha value is -0.610. The highest BCUT2D eigenvalue weighted by Gasteiger charge is 2.39. The molecular weight excluding hydrogens is 182 g/mol. The Labute approximate surface area is 83.3 Å². The number of hydrogen-bond acceptors (Lipinski definition) is 3. The van der Waals surface area contributed by atoms with E-state index in [1.807, 2.05) is 0 Å². The highest BCUT2D eigenvalue weighted by molar-refractivity contribution is 5.73. The fourth-order valence-electron chi connectivity index (χ4n) is 2.77. The lowest BCUT2D eigenvalue weighted by Gasteiger charge is -2.41. The third kappa shape index (κ3) is 1.77. The number of aliphatic hydroxyl groups excluding tert-OH is 1. The van der Waals surface area contributed by atoms with Gasteiger partial charge in [0.05, 0.1) is 6.10 Å². The first kappa shape index (κ1) is 9.93. The molecule has 1 saturated heterocycles. The third-order valence-electron chi connectivity index (χ3n) is 3.61. The molecule has 1 aliphatic carbocycles. The summed E-state index contributed by atoms with van der Waals surface area (Å²) in [7, 11) is 0. The first-order valence-corrected chi connectivity index (χ1v) is 5.32. The standard InChI is InChI=1S/C10H17NO3/c12-9-3-1-2-6-5-11-8(10(13)14)4-7(6)9/h6-9,11-12H,1-5H2,(H,13,14)/t6-,7+,8+,9+/m1/s1. The number of rotatable bonds is 1. The molecule has 0 aromatic heterocycles. The van der Waals surface area contributed by atoms with Gasteiger partial charge in [-0.25, -0.2) is 0 Å². The molecule has 0 aromatic rings. The number of carboxylic acids is 1. The van der Waals surface area contributed by atoms with Gasteiger partial charge in [0.25, 0.3) is 0 Å². The molecule has 4 nitrogen and oxygen atoms in total. The zero-order valence-corrected chi connectivity index (χ0v) is 8.15. The molecule has 1 saturated carbocycles. The van der Waals surface area contributed by atoms with Crippen molar-refractivity contribution in [3.05, 3.63) is 0 Å². The summed E-state index contributed by atoms with van der Waals surface area (Å²) >= 11 is 0. The Kier molecular flexibility index (Phi) is 2.74. The van der Waals surface area contributed by atoms with Crippen LogP contribution in [0.1, 0.15) is 25.7 Å². The topological polar surface area (TPSA) is 69.6 Å². The summed E-state index contributed by atoms with van der Waals surface area (Å²) in [5, 5.41) is 21.7. The number of nitrogens with one attached hydrogen (secondary N) is 1. The zero-order chi connectivity index (χ0) is 10.1. The molecule has 0 amide bonds. The van der Waals surface area contributed by atoms with E-state index in [0.29, 0.717) is 12.3 Å². The van der Waals surface area contributed by atoms with Gasteiger partial charge in [0.2, 0.25) is 0 Å². The van der Waals surface area contributed by atoms with Crippen LogP contribution in [0.2, 0.25) is 0 Å². The quantitative estimate of drug-likeness (QED) is 0.564. The van der Waals surface area contributed by atoms with Gasteiger partial charge in [0.15, 0.2) is 0 Å². The molecule has 0 spiro atoms. The van der Waals surface area contributed by atoms with E-state index in [2.05, 4.69) is 5.32 Å². The molecule has 0 aromatic carbocycles. The Balaban J connectivity index is 2.01. The van der Waals surface area contributed by atoms with Crippen molar-refractivity contribution in [3.63, 3.8) is 0 Å². The number of aliphatic hydroxyl groups is 1. The van der Waals surface area contributed by atoms with Crippen molar-refractivity contribution < 1.29 is 15.0 Å². The highest BCUT2D eigenvalue weighted by atomic mass is 16.4. The molecule has 3 N–H and O–H groups in total. The van der Waals surface area contributed by atoms with Gasteiger partial charge in [-0.3, -0.25) is 4.79 Å². The monoisotopic (exact) mass is 199 g/mol. The van der Waals surface area contributed by atoms with E-state index in [1.54, 1.807) is 0 Å². The lowest BCUT2D eigenvalue weighted by Crippen LogP contribution is -2.52. The fraction of sp³-hybridized carbons (Fsp3) is 0.900. The average molecular weight is 199 g/mol. The molecule has 0 bridgehead atoms. The molecule has 1 heterocycles. The second-order valence-corrected chi connectivity index (χ2v) is 4.46. The van der Waals surface area contributed by atoms with Gasteiger partial charge < -0.3 is 15.5 Å². The van der Waals surface area contributed by atoms with Gasteiger partial charge in [-0.2, -0.15) is 0 Å². The normalized spacial score (nSPS) is 42.9. The summed E-state index contributed by atoms with van der Waals surface area (Å²) in [6.07, 6.45) is 3.34. The zero-order valence-electron chi connectivity index (χ0n) is 8.15. The van der Waals surface area contributed by atoms with Crippen molar-refractivity contribution >= 4 is 5.97 Å². The van der Waals surface area contributed by atoms with E-state index < -0.39 is 12.0 Å². The number of carboxylic acid groups (broad SMARTS) is 1. The first-order chi connectivity index (χ1) is 6.68. The third-order valence-corrected chi connectivity index (χ3v) is 3.61. The maximum Gasteiger partial charge on any atom is 0.320 e. The molecule has 4 atom stereocenters. The Morgan fingerprint density at radius 2 is 2.14 bits per heavy atom. The largest absolute Gasteiger partial charge is 0.480 e. The summed E-state index contributed by atoms with van der Waals surface area (Å²) in [6.45, 7) is 0.749. The van der Waals surface area contributed by atoms with Crippen molar-refractivity contribution in [2.45, 2.75) is 37.8 Å². The lowest BCUT2D eigenvalue weighted by molar-refractivity contribution is -0.141. The lowest BCUT2D eigenvalue weighted by atomic mass is 9.72. The molecule has 4 heteroatoms. The van der Waals surface area contributed by atoms with Crippen molar-refractivity contribution in [2.75, 3.05) is 6.54 Å². The van der Waals surface area contributed by atoms with Gasteiger partial charge in [-0.05, 0) is 37.6 Å². The molecule has 2 fully saturated rings. The predicted octanol–water partition coefficient (Wildman–Crippen LogP) is 0.210. The van der Waals surface area contributed by atoms with E-state index in [9.17, 15) is 9.90 Å². The van der Waals surface area contributed by atoms with Crippen LogP contribution < -0.4 is 5.32 Å². The minimum Gasteiger partial charge on any atom is -0.480 e. The molecular formula is C10H17NO3. The van der Waals surface area contributed by atoms with E-state index in [1.165, 1.54) is 0 Å². The van der Waals surface area contributed by atoms with Crippen LogP contribution in [0.4, 0.5) is 0 Å². The van der Waals surface area contributed by atoms with E-state index in [0.717, 1.165) is 25.8 Å². The van der Waals surface area contributed by atoms with Crippen LogP contribution in [-0.4, -0.2) is 34.9 Å². The minimum atomic E-state index is -0.791. The summed E-state index contributed by atoms with van der Waals surface area (Å²) < 4.78 is 0. The van der Waals surface area contributed by atoms with Crippen LogP contribution in [-0.2, 0) is 4.79 Å². The second kappa shape index (κ2) is 3.87. The van der Waals surface area contributed by atoms with E-state index >= 15 is 0 Å². The summed E-state index contributed by atoms with van der Waals surface area (Å²) in [5.41, 5.74) is 0. The molecule has 80 valence electrons. The first-order valence-electron chi connectivity index (χ1n) is 5.32. The van der Waals surface area contributed by atoms with Crippen molar-refractivity contribution in [2.24, 2.45) is 11.8 Å². The Morgan fingerprint density at radius 3 is 2.86 bits per heavy atom. The summed E-state index contributed by atoms with van der Waals surface area (Å²) in [6, 6.07) is -0.455. The van der Waals surface area contributed by atoms with Gasteiger partial charge in [-0.1, -0.05) is 6.42 Å². The Morgan fingerprint density at radius 1 is 1.36 bits per heavy atom. The fourth-order valence-corrected chi connectivity index (χ4v) is 2.77. The van der Waals surface area contributed by atoms with Crippen LogP contribution >= 0.6 is 0 Å². The van der Waals surface area contributed by atoms with Gasteiger partial charge in [0, 0.05) is 0 Å². The highest BCUT2D eigenvalue weighted by Crippen LogP contribution is 2.35. The van der Waals surface area contributed by atoms with E-state index in [4.69, 9.17) is 5.11 Å². The Bertz CT molecular complexity index is 231. The van der Waals surface area contributed by atoms with Crippen LogP contribution in [0, 0.1) is 11.8 Å². The van der Waals surface area contributed by atoms with Crippen LogP contribution in [0.25, 0.3) is 0 Å². The number of fused-ring (bicyclic) bond motifs is 1. The number of aliphatic carboxylic acids is 1. The molecule has 14 heavy (non-hydrogen) atoms. The predicted molar refractivity (Wildman–Crippen MR) is 50.9 cm³/mol. The smallest absolute Gasteiger partial charge is 0.320 e. The van der Waals surface area contributed by atoms with Crippen molar-refractivity contribution in [1.29, 1.82) is 0 Å². The van der Waals surface area contributed by atoms with E-state index in [-0.39, 0.29) is 12.0 Å². The maximum atomic E-state index is 10.8. The number of piperidine rings is 1.